The molecule has 5 nitrogen and oxygen atoms in total. The summed E-state index contributed by atoms with van der Waals surface area (Å²) in [5.74, 6) is 0. The van der Waals surface area contributed by atoms with Gasteiger partial charge in [0.2, 0.25) is 0 Å². The zero-order valence-electron chi connectivity index (χ0n) is 13.4. The summed E-state index contributed by atoms with van der Waals surface area (Å²) in [4.78, 5) is 11.9. The molecule has 3 N–H and O–H groups in total. The molecule has 2 amide bonds. The fourth-order valence-corrected chi connectivity index (χ4v) is 2.50. The van der Waals surface area contributed by atoms with E-state index >= 15 is 0 Å². The van der Waals surface area contributed by atoms with Gasteiger partial charge >= 0.3 is 6.03 Å². The van der Waals surface area contributed by atoms with Gasteiger partial charge in [-0.1, -0.05) is 42.5 Å². The topological polar surface area (TPSA) is 70.6 Å². The van der Waals surface area contributed by atoms with Crippen LogP contribution in [0, 0.1) is 0 Å². The van der Waals surface area contributed by atoms with Crippen LogP contribution in [0.15, 0.2) is 42.5 Å². The van der Waals surface area contributed by atoms with Gasteiger partial charge in [-0.15, -0.1) is 0 Å². The highest BCUT2D eigenvalue weighted by Crippen LogP contribution is 2.23. The van der Waals surface area contributed by atoms with E-state index in [9.17, 15) is 4.79 Å². The Morgan fingerprint density at radius 2 is 1.96 bits per heavy atom. The minimum absolute atomic E-state index is 0.0243. The molecule has 0 aliphatic heterocycles. The van der Waals surface area contributed by atoms with Gasteiger partial charge in [-0.2, -0.15) is 0 Å². The second-order valence-corrected chi connectivity index (χ2v) is 5.38. The summed E-state index contributed by atoms with van der Waals surface area (Å²) in [5, 5.41) is 16.7. The Kier molecular flexibility index (Phi) is 6.84. The lowest BCUT2D eigenvalue weighted by Crippen LogP contribution is -2.37. The summed E-state index contributed by atoms with van der Waals surface area (Å²) in [5.41, 5.74) is 1.10. The fourth-order valence-electron chi connectivity index (χ4n) is 2.50. The molecule has 1 atom stereocenters. The molecule has 124 valence electrons. The highest BCUT2D eigenvalue weighted by atomic mass is 16.5. The Labute approximate surface area is 136 Å². The zero-order valence-corrected chi connectivity index (χ0v) is 13.4. The fraction of sp³-hybridized carbons (Fsp3) is 0.389. The number of amides is 2. The number of rotatable bonds is 8. The van der Waals surface area contributed by atoms with Gasteiger partial charge in [-0.3, -0.25) is 0 Å². The lowest BCUT2D eigenvalue weighted by Gasteiger charge is -2.17. The van der Waals surface area contributed by atoms with Crippen molar-refractivity contribution in [3.8, 4) is 0 Å². The number of carbonyl (C=O) groups excluding carboxylic acids is 1. The molecule has 0 heterocycles. The van der Waals surface area contributed by atoms with Gasteiger partial charge in [-0.25, -0.2) is 4.79 Å². The van der Waals surface area contributed by atoms with E-state index in [1.54, 1.807) is 0 Å². The molecule has 23 heavy (non-hydrogen) atoms. The van der Waals surface area contributed by atoms with Crippen molar-refractivity contribution >= 4 is 16.8 Å². The largest absolute Gasteiger partial charge is 0.394 e. The highest BCUT2D eigenvalue weighted by molar-refractivity contribution is 5.86. The SMILES string of the molecule is CC(NC(=O)NCCCOCCO)c1cccc2ccccc12. The number of hydrogen-bond donors (Lipinski definition) is 3. The number of hydrogen-bond acceptors (Lipinski definition) is 3. The lowest BCUT2D eigenvalue weighted by molar-refractivity contribution is 0.0909. The summed E-state index contributed by atoms with van der Waals surface area (Å²) in [6.07, 6.45) is 0.718. The number of benzene rings is 2. The van der Waals surface area contributed by atoms with Crippen molar-refractivity contribution in [2.45, 2.75) is 19.4 Å². The Morgan fingerprint density at radius 3 is 2.78 bits per heavy atom. The first-order valence-electron chi connectivity index (χ1n) is 7.93. The van der Waals surface area contributed by atoms with Crippen LogP contribution in [0.5, 0.6) is 0 Å². The number of carbonyl (C=O) groups is 1. The summed E-state index contributed by atoms with van der Waals surface area (Å²) in [6, 6.07) is 14.0. The van der Waals surface area contributed by atoms with Crippen LogP contribution in [0.1, 0.15) is 24.9 Å². The molecule has 0 saturated carbocycles. The van der Waals surface area contributed by atoms with Gasteiger partial charge < -0.3 is 20.5 Å². The predicted molar refractivity (Wildman–Crippen MR) is 91.4 cm³/mol. The van der Waals surface area contributed by atoms with E-state index in [1.807, 2.05) is 31.2 Å². The number of urea groups is 1. The molecular formula is C18H24N2O3. The summed E-state index contributed by atoms with van der Waals surface area (Å²) < 4.78 is 5.14. The Balaban J connectivity index is 1.83. The number of ether oxygens (including phenoxy) is 1. The molecule has 0 spiro atoms. The van der Waals surface area contributed by atoms with Crippen molar-refractivity contribution < 1.29 is 14.6 Å². The van der Waals surface area contributed by atoms with Gasteiger partial charge in [0.15, 0.2) is 0 Å². The first-order valence-corrected chi connectivity index (χ1v) is 7.93. The zero-order chi connectivity index (χ0) is 16.5. The molecule has 0 aliphatic rings. The van der Waals surface area contributed by atoms with Crippen molar-refractivity contribution in [3.63, 3.8) is 0 Å². The van der Waals surface area contributed by atoms with E-state index in [4.69, 9.17) is 9.84 Å². The maximum atomic E-state index is 11.9. The van der Waals surface area contributed by atoms with E-state index in [-0.39, 0.29) is 18.7 Å². The van der Waals surface area contributed by atoms with E-state index in [1.165, 1.54) is 5.39 Å². The third kappa shape index (κ3) is 5.23. The van der Waals surface area contributed by atoms with Gasteiger partial charge in [0.1, 0.15) is 0 Å². The predicted octanol–water partition coefficient (Wildman–Crippen LogP) is 2.60. The molecule has 0 fully saturated rings. The first kappa shape index (κ1) is 17.2. The number of aliphatic hydroxyl groups excluding tert-OH is 1. The van der Waals surface area contributed by atoms with Crippen molar-refractivity contribution in [3.05, 3.63) is 48.0 Å². The average Bonchev–Trinajstić information content (AvgIpc) is 2.57. The van der Waals surface area contributed by atoms with Gasteiger partial charge in [0.05, 0.1) is 19.3 Å². The molecule has 1 unspecified atom stereocenters. The number of aliphatic hydroxyl groups is 1. The summed E-state index contributed by atoms with van der Waals surface area (Å²) in [7, 11) is 0. The van der Waals surface area contributed by atoms with Crippen LogP contribution in [0.4, 0.5) is 4.79 Å². The van der Waals surface area contributed by atoms with Crippen LogP contribution in [0.2, 0.25) is 0 Å². The van der Waals surface area contributed by atoms with Crippen molar-refractivity contribution in [1.29, 1.82) is 0 Å². The molecule has 2 aromatic rings. The smallest absolute Gasteiger partial charge is 0.315 e. The standard InChI is InChI=1S/C18H24N2O3/c1-14(20-18(22)19-10-5-12-23-13-11-21)16-9-4-7-15-6-2-3-8-17(15)16/h2-4,6-9,14,21H,5,10-13H2,1H3,(H2,19,20,22). The second-order valence-electron chi connectivity index (χ2n) is 5.38. The van der Waals surface area contributed by atoms with E-state index in [0.29, 0.717) is 19.8 Å². The van der Waals surface area contributed by atoms with Crippen LogP contribution in [0.25, 0.3) is 10.8 Å². The quantitative estimate of drug-likeness (QED) is 0.656. The molecule has 2 rings (SSSR count). The normalized spacial score (nSPS) is 12.1. The van der Waals surface area contributed by atoms with Gasteiger partial charge in [0, 0.05) is 13.2 Å². The third-order valence-electron chi connectivity index (χ3n) is 3.62. The Bertz CT molecular complexity index is 625. The lowest BCUT2D eigenvalue weighted by atomic mass is 10.00. The van der Waals surface area contributed by atoms with Crippen molar-refractivity contribution in [2.24, 2.45) is 0 Å². The Morgan fingerprint density at radius 1 is 1.17 bits per heavy atom. The Hall–Kier alpha value is -2.11. The van der Waals surface area contributed by atoms with Crippen LogP contribution < -0.4 is 10.6 Å². The van der Waals surface area contributed by atoms with E-state index in [0.717, 1.165) is 17.4 Å². The molecule has 5 heteroatoms. The number of fused-ring (bicyclic) bond motifs is 1. The van der Waals surface area contributed by atoms with Gasteiger partial charge in [-0.05, 0) is 29.7 Å². The molecule has 0 aliphatic carbocycles. The van der Waals surface area contributed by atoms with Crippen LogP contribution in [-0.4, -0.2) is 37.5 Å². The van der Waals surface area contributed by atoms with E-state index in [2.05, 4.69) is 28.8 Å². The summed E-state index contributed by atoms with van der Waals surface area (Å²) >= 11 is 0. The molecular weight excluding hydrogens is 292 g/mol. The third-order valence-corrected chi connectivity index (χ3v) is 3.62. The molecule has 0 radical (unpaired) electrons. The highest BCUT2D eigenvalue weighted by Gasteiger charge is 2.11. The maximum Gasteiger partial charge on any atom is 0.315 e. The minimum Gasteiger partial charge on any atom is -0.394 e. The van der Waals surface area contributed by atoms with Gasteiger partial charge in [0.25, 0.3) is 0 Å². The van der Waals surface area contributed by atoms with Crippen LogP contribution >= 0.6 is 0 Å². The average molecular weight is 316 g/mol. The van der Waals surface area contributed by atoms with Crippen LogP contribution in [0.3, 0.4) is 0 Å². The second kappa shape index (κ2) is 9.12. The first-order chi connectivity index (χ1) is 11.2. The maximum absolute atomic E-state index is 11.9. The monoisotopic (exact) mass is 316 g/mol. The van der Waals surface area contributed by atoms with E-state index < -0.39 is 0 Å². The molecule has 0 saturated heterocycles. The van der Waals surface area contributed by atoms with Crippen molar-refractivity contribution in [2.75, 3.05) is 26.4 Å². The van der Waals surface area contributed by atoms with Crippen LogP contribution in [-0.2, 0) is 4.74 Å². The summed E-state index contributed by atoms with van der Waals surface area (Å²) in [6.45, 7) is 3.41. The van der Waals surface area contributed by atoms with Crippen molar-refractivity contribution in [1.82, 2.24) is 10.6 Å². The number of nitrogens with one attached hydrogen (secondary N) is 2. The molecule has 2 aromatic carbocycles. The minimum atomic E-state index is -0.187. The molecule has 0 bridgehead atoms. The molecule has 0 aromatic heterocycles.